The van der Waals surface area contributed by atoms with Crippen molar-refractivity contribution in [3.63, 3.8) is 0 Å². The Labute approximate surface area is 118 Å². The van der Waals surface area contributed by atoms with E-state index >= 15 is 0 Å². The van der Waals surface area contributed by atoms with E-state index in [2.05, 4.69) is 24.2 Å². The van der Waals surface area contributed by atoms with E-state index in [1.807, 2.05) is 0 Å². The van der Waals surface area contributed by atoms with E-state index < -0.39 is 0 Å². The summed E-state index contributed by atoms with van der Waals surface area (Å²) in [6.45, 7) is 4.64. The maximum absolute atomic E-state index is 9.69. The summed E-state index contributed by atoms with van der Waals surface area (Å²) in [4.78, 5) is 2.57. The zero-order chi connectivity index (χ0) is 13.7. The maximum Gasteiger partial charge on any atom is 0.0613 e. The minimum absolute atomic E-state index is 0.000240. The van der Waals surface area contributed by atoms with Crippen molar-refractivity contribution < 1.29 is 5.11 Å². The van der Waals surface area contributed by atoms with Gasteiger partial charge in [-0.05, 0) is 51.6 Å². The van der Waals surface area contributed by atoms with Gasteiger partial charge in [-0.3, -0.25) is 0 Å². The molecule has 19 heavy (non-hydrogen) atoms. The van der Waals surface area contributed by atoms with Crippen LogP contribution in [0.5, 0.6) is 0 Å². The van der Waals surface area contributed by atoms with E-state index in [0.717, 1.165) is 25.3 Å². The van der Waals surface area contributed by atoms with E-state index in [0.29, 0.717) is 6.04 Å². The Morgan fingerprint density at radius 1 is 1.21 bits per heavy atom. The van der Waals surface area contributed by atoms with Gasteiger partial charge in [-0.15, -0.1) is 0 Å². The van der Waals surface area contributed by atoms with Crippen LogP contribution >= 0.6 is 0 Å². The van der Waals surface area contributed by atoms with Gasteiger partial charge >= 0.3 is 0 Å². The number of likely N-dealkylation sites (N-methyl/N-ethyl adjacent to an activating group) is 1. The summed E-state index contributed by atoms with van der Waals surface area (Å²) in [6, 6.07) is 0.660. The first-order valence-electron chi connectivity index (χ1n) is 8.25. The van der Waals surface area contributed by atoms with Crippen molar-refractivity contribution in [2.75, 3.05) is 26.7 Å². The lowest BCUT2D eigenvalue weighted by Crippen LogP contribution is -2.47. The average Bonchev–Trinajstić information content (AvgIpc) is 2.85. The summed E-state index contributed by atoms with van der Waals surface area (Å²) < 4.78 is 0. The second kappa shape index (κ2) is 7.05. The second-order valence-electron chi connectivity index (χ2n) is 6.81. The van der Waals surface area contributed by atoms with E-state index in [9.17, 15) is 5.11 Å². The third-order valence-corrected chi connectivity index (χ3v) is 5.33. The van der Waals surface area contributed by atoms with E-state index in [1.54, 1.807) is 0 Å². The second-order valence-corrected chi connectivity index (χ2v) is 6.81. The molecule has 0 aromatic carbocycles. The van der Waals surface area contributed by atoms with Gasteiger partial charge in [-0.25, -0.2) is 0 Å². The number of nitrogens with one attached hydrogen (secondary N) is 1. The first kappa shape index (κ1) is 15.3. The highest BCUT2D eigenvalue weighted by molar-refractivity contribution is 4.99. The van der Waals surface area contributed by atoms with Crippen LogP contribution < -0.4 is 5.32 Å². The summed E-state index contributed by atoms with van der Waals surface area (Å²) in [6.07, 6.45) is 10.6. The van der Waals surface area contributed by atoms with Gasteiger partial charge in [0.2, 0.25) is 0 Å². The van der Waals surface area contributed by atoms with Crippen LogP contribution in [0.3, 0.4) is 0 Å². The van der Waals surface area contributed by atoms with Gasteiger partial charge in [0, 0.05) is 18.1 Å². The normalized spacial score (nSPS) is 33.2. The van der Waals surface area contributed by atoms with Crippen LogP contribution in [0.4, 0.5) is 0 Å². The molecule has 2 fully saturated rings. The van der Waals surface area contributed by atoms with Gasteiger partial charge in [-0.2, -0.15) is 0 Å². The highest BCUT2D eigenvalue weighted by atomic mass is 16.3. The molecule has 2 aliphatic rings. The lowest BCUT2D eigenvalue weighted by atomic mass is 9.88. The third-order valence-electron chi connectivity index (χ3n) is 5.33. The SMILES string of the molecule is CCNC1(CO)CCC(N(C)CC2CCCCC2)C1. The summed E-state index contributed by atoms with van der Waals surface area (Å²) in [5.41, 5.74) is 0.000240. The molecule has 3 nitrogen and oxygen atoms in total. The molecule has 0 aliphatic heterocycles. The molecule has 0 heterocycles. The van der Waals surface area contributed by atoms with Gasteiger partial charge in [-0.1, -0.05) is 26.2 Å². The maximum atomic E-state index is 9.69. The minimum atomic E-state index is 0.000240. The number of rotatable bonds is 6. The first-order chi connectivity index (χ1) is 9.19. The van der Waals surface area contributed by atoms with E-state index in [4.69, 9.17) is 0 Å². The monoisotopic (exact) mass is 268 g/mol. The smallest absolute Gasteiger partial charge is 0.0613 e. The van der Waals surface area contributed by atoms with Crippen LogP contribution in [0, 0.1) is 5.92 Å². The Morgan fingerprint density at radius 2 is 1.95 bits per heavy atom. The molecule has 3 heteroatoms. The number of hydrogen-bond donors (Lipinski definition) is 2. The third kappa shape index (κ3) is 3.93. The molecule has 2 aliphatic carbocycles. The molecule has 0 spiro atoms. The minimum Gasteiger partial charge on any atom is -0.394 e. The predicted octanol–water partition coefficient (Wildman–Crippen LogP) is 2.39. The summed E-state index contributed by atoms with van der Waals surface area (Å²) in [7, 11) is 2.29. The highest BCUT2D eigenvalue weighted by Crippen LogP contribution is 2.33. The van der Waals surface area contributed by atoms with E-state index in [-0.39, 0.29) is 12.1 Å². The molecule has 0 amide bonds. The van der Waals surface area contributed by atoms with Gasteiger partial charge in [0.05, 0.1) is 6.61 Å². The number of nitrogens with zero attached hydrogens (tertiary/aromatic N) is 1. The van der Waals surface area contributed by atoms with E-state index in [1.165, 1.54) is 45.1 Å². The Hall–Kier alpha value is -0.120. The number of aliphatic hydroxyl groups is 1. The molecule has 2 unspecified atom stereocenters. The van der Waals surface area contributed by atoms with Crippen molar-refractivity contribution in [3.05, 3.63) is 0 Å². The van der Waals surface area contributed by atoms with Gasteiger partial charge in [0.25, 0.3) is 0 Å². The fourth-order valence-corrected chi connectivity index (χ4v) is 4.14. The molecule has 2 atom stereocenters. The first-order valence-corrected chi connectivity index (χ1v) is 8.25. The molecule has 0 aromatic rings. The Bertz CT molecular complexity index is 265. The zero-order valence-electron chi connectivity index (χ0n) is 12.8. The van der Waals surface area contributed by atoms with Crippen LogP contribution in [0.1, 0.15) is 58.3 Å². The molecule has 2 rings (SSSR count). The summed E-state index contributed by atoms with van der Waals surface area (Å²) in [5, 5.41) is 13.2. The van der Waals surface area contributed by atoms with Crippen molar-refractivity contribution in [3.8, 4) is 0 Å². The van der Waals surface area contributed by atoms with Crippen molar-refractivity contribution >= 4 is 0 Å². The van der Waals surface area contributed by atoms with Crippen LogP contribution in [0.25, 0.3) is 0 Å². The van der Waals surface area contributed by atoms with Crippen molar-refractivity contribution in [2.24, 2.45) is 5.92 Å². The molecule has 0 bridgehead atoms. The van der Waals surface area contributed by atoms with Crippen molar-refractivity contribution in [1.82, 2.24) is 10.2 Å². The summed E-state index contributed by atoms with van der Waals surface area (Å²) >= 11 is 0. The van der Waals surface area contributed by atoms with Crippen molar-refractivity contribution in [1.29, 1.82) is 0 Å². The zero-order valence-corrected chi connectivity index (χ0v) is 12.8. The lowest BCUT2D eigenvalue weighted by molar-refractivity contribution is 0.142. The van der Waals surface area contributed by atoms with Crippen molar-refractivity contribution in [2.45, 2.75) is 69.9 Å². The Balaban J connectivity index is 1.81. The van der Waals surface area contributed by atoms with Gasteiger partial charge in [0.1, 0.15) is 0 Å². The van der Waals surface area contributed by atoms with Gasteiger partial charge < -0.3 is 15.3 Å². The lowest BCUT2D eigenvalue weighted by Gasteiger charge is -2.33. The fraction of sp³-hybridized carbons (Fsp3) is 1.00. The fourth-order valence-electron chi connectivity index (χ4n) is 4.14. The Kier molecular flexibility index (Phi) is 5.67. The molecule has 0 radical (unpaired) electrons. The van der Waals surface area contributed by atoms with Crippen LogP contribution in [0.15, 0.2) is 0 Å². The number of aliphatic hydroxyl groups excluding tert-OH is 1. The molecule has 2 N–H and O–H groups in total. The predicted molar refractivity (Wildman–Crippen MR) is 80.3 cm³/mol. The molecule has 0 saturated heterocycles. The van der Waals surface area contributed by atoms with Crippen LogP contribution in [0.2, 0.25) is 0 Å². The quantitative estimate of drug-likeness (QED) is 0.776. The Morgan fingerprint density at radius 3 is 2.58 bits per heavy atom. The average molecular weight is 268 g/mol. The van der Waals surface area contributed by atoms with Gasteiger partial charge in [0.15, 0.2) is 0 Å². The summed E-state index contributed by atoms with van der Waals surface area (Å²) in [5.74, 6) is 0.919. The molecule has 112 valence electrons. The van der Waals surface area contributed by atoms with Crippen LogP contribution in [-0.2, 0) is 0 Å². The topological polar surface area (TPSA) is 35.5 Å². The largest absolute Gasteiger partial charge is 0.394 e. The molecular formula is C16H32N2O. The van der Waals surface area contributed by atoms with Crippen LogP contribution in [-0.4, -0.2) is 48.3 Å². The molecular weight excluding hydrogens is 236 g/mol. The molecule has 0 aromatic heterocycles. The molecule has 2 saturated carbocycles. The number of hydrogen-bond acceptors (Lipinski definition) is 3. The highest BCUT2D eigenvalue weighted by Gasteiger charge is 2.39. The standard InChI is InChI=1S/C16H32N2O/c1-3-17-16(13-19)10-9-15(11-16)18(2)12-14-7-5-4-6-8-14/h14-15,17,19H,3-13H2,1-2H3.